The van der Waals surface area contributed by atoms with Crippen LogP contribution in [0, 0.1) is 24.7 Å². The third-order valence-electron chi connectivity index (χ3n) is 10.0. The Bertz CT molecular complexity index is 1740. The molecule has 3 heterocycles. The highest BCUT2D eigenvalue weighted by Crippen LogP contribution is 2.47. The Morgan fingerprint density at radius 1 is 1.15 bits per heavy atom. The van der Waals surface area contributed by atoms with Crippen molar-refractivity contribution in [3.63, 3.8) is 0 Å². The van der Waals surface area contributed by atoms with Crippen LogP contribution in [0.3, 0.4) is 0 Å². The molecular formula is C37H46N4O6S. The molecule has 2 aromatic heterocycles. The molecule has 2 amide bonds. The average molecular weight is 675 g/mol. The van der Waals surface area contributed by atoms with Gasteiger partial charge in [0, 0.05) is 41.9 Å². The number of amides is 2. The Morgan fingerprint density at radius 3 is 2.67 bits per heavy atom. The number of aryl methyl sites for hydroxylation is 1. The number of carbonyl (C=O) groups excluding carboxylic acids is 3. The molecule has 2 fully saturated rings. The second-order valence-corrected chi connectivity index (χ2v) is 14.5. The van der Waals surface area contributed by atoms with Crippen LogP contribution in [0.25, 0.3) is 21.6 Å². The molecule has 256 valence electrons. The van der Waals surface area contributed by atoms with Crippen LogP contribution in [0.2, 0.25) is 0 Å². The Hall–Kier alpha value is -3.99. The van der Waals surface area contributed by atoms with Crippen molar-refractivity contribution >= 4 is 40.0 Å². The number of pyridine rings is 1. The molecule has 0 spiro atoms. The van der Waals surface area contributed by atoms with Crippen LogP contribution in [0.4, 0.5) is 0 Å². The van der Waals surface area contributed by atoms with Gasteiger partial charge in [0.15, 0.2) is 0 Å². The summed E-state index contributed by atoms with van der Waals surface area (Å²) in [6.45, 7) is 8.80. The molecule has 11 heteroatoms. The number of nitrogens with zero attached hydrogens (tertiary/aromatic N) is 3. The zero-order valence-corrected chi connectivity index (χ0v) is 29.5. The predicted molar refractivity (Wildman–Crippen MR) is 185 cm³/mol. The maximum absolute atomic E-state index is 14.1. The number of aromatic nitrogens is 2. The van der Waals surface area contributed by atoms with E-state index >= 15 is 0 Å². The molecule has 0 bridgehead atoms. The summed E-state index contributed by atoms with van der Waals surface area (Å²) >= 11 is 1.54. The van der Waals surface area contributed by atoms with Crippen molar-refractivity contribution < 1.29 is 28.6 Å². The van der Waals surface area contributed by atoms with E-state index < -0.39 is 29.4 Å². The van der Waals surface area contributed by atoms with E-state index in [0.29, 0.717) is 37.3 Å². The predicted octanol–water partition coefficient (Wildman–Crippen LogP) is 6.21. The minimum atomic E-state index is -1.10. The number of fused-ring (bicyclic) bond motifs is 3. The zero-order valence-electron chi connectivity index (χ0n) is 28.7. The zero-order chi connectivity index (χ0) is 34.2. The molecule has 0 saturated heterocycles. The highest BCUT2D eigenvalue weighted by molar-refractivity contribution is 7.13. The first kappa shape index (κ1) is 33.9. The van der Waals surface area contributed by atoms with Crippen LogP contribution in [-0.4, -0.2) is 71.6 Å². The maximum atomic E-state index is 14.1. The van der Waals surface area contributed by atoms with E-state index in [1.165, 1.54) is 0 Å². The second kappa shape index (κ2) is 13.9. The summed E-state index contributed by atoms with van der Waals surface area (Å²) < 4.78 is 17.8. The number of thiazole rings is 1. The molecule has 1 aliphatic heterocycles. The molecular weight excluding hydrogens is 628 g/mol. The lowest BCUT2D eigenvalue weighted by molar-refractivity contribution is -0.150. The molecule has 2 saturated carbocycles. The van der Waals surface area contributed by atoms with E-state index in [1.54, 1.807) is 30.3 Å². The van der Waals surface area contributed by atoms with Crippen molar-refractivity contribution in [2.45, 2.75) is 83.8 Å². The Labute approximate surface area is 286 Å². The van der Waals surface area contributed by atoms with Crippen molar-refractivity contribution in [2.24, 2.45) is 17.8 Å². The number of esters is 1. The molecule has 1 aromatic carbocycles. The van der Waals surface area contributed by atoms with E-state index in [9.17, 15) is 14.4 Å². The molecule has 3 aromatic rings. The third-order valence-corrected chi connectivity index (χ3v) is 10.9. The number of benzene rings is 1. The van der Waals surface area contributed by atoms with Gasteiger partial charge in [0.2, 0.25) is 11.8 Å². The topological polar surface area (TPSA) is 120 Å². The Morgan fingerprint density at radius 2 is 1.94 bits per heavy atom. The van der Waals surface area contributed by atoms with Gasteiger partial charge in [-0.05, 0) is 70.4 Å². The fourth-order valence-electron chi connectivity index (χ4n) is 7.09. The van der Waals surface area contributed by atoms with Crippen LogP contribution in [0.5, 0.6) is 11.5 Å². The normalized spacial score (nSPS) is 26.8. The number of carbonyl (C=O) groups is 3. The van der Waals surface area contributed by atoms with Gasteiger partial charge in [0.05, 0.1) is 36.8 Å². The summed E-state index contributed by atoms with van der Waals surface area (Å²) in [7, 11) is 3.45. The van der Waals surface area contributed by atoms with Crippen LogP contribution >= 0.6 is 11.3 Å². The SMILES string of the molecule is CCOC(=O)[C@@]12C[C@@H]1/C=C\CCCCN(C)C(=O)[C@@H]1C[C@H](Oc3cc(-c4nc(C(C)C)cs4)nc4c(C)c(OC)ccc34)C[C@H]1C(=O)N2. The first-order chi connectivity index (χ1) is 23.1. The first-order valence-corrected chi connectivity index (χ1v) is 18.0. The molecule has 48 heavy (non-hydrogen) atoms. The van der Waals surface area contributed by atoms with Gasteiger partial charge in [-0.25, -0.2) is 14.8 Å². The number of hydrogen-bond acceptors (Lipinski definition) is 9. The molecule has 2 aliphatic carbocycles. The monoisotopic (exact) mass is 674 g/mol. The van der Waals surface area contributed by atoms with Crippen molar-refractivity contribution in [1.82, 2.24) is 20.2 Å². The van der Waals surface area contributed by atoms with Crippen LogP contribution < -0.4 is 14.8 Å². The molecule has 1 N–H and O–H groups in total. The summed E-state index contributed by atoms with van der Waals surface area (Å²) in [6.07, 6.45) is 7.52. The van der Waals surface area contributed by atoms with Gasteiger partial charge in [0.1, 0.15) is 33.8 Å². The minimum Gasteiger partial charge on any atom is -0.496 e. The van der Waals surface area contributed by atoms with E-state index in [1.807, 2.05) is 38.2 Å². The van der Waals surface area contributed by atoms with E-state index in [4.69, 9.17) is 24.2 Å². The largest absolute Gasteiger partial charge is 0.496 e. The Balaban J connectivity index is 1.34. The van der Waals surface area contributed by atoms with Gasteiger partial charge in [-0.2, -0.15) is 0 Å². The standard InChI is InChI=1S/C37H46N4O6S/c1-7-46-36(44)37-19-23(37)12-10-8-9-11-15-41(5)35(43)27-17-24(16-26(27)33(42)40-37)47-31-18-28(34-39-29(20-48-34)21(2)3)38-32-22(4)30(45-6)14-13-25(31)32/h10,12-14,18,20-21,23-24,26-27H,7-9,11,15-17,19H2,1-6H3,(H,40,42)/b12-10-/t23-,24+,26+,27+,37+/m0/s1. The first-order valence-electron chi connectivity index (χ1n) is 17.1. The average Bonchev–Trinajstić information content (AvgIpc) is 3.37. The highest BCUT2D eigenvalue weighted by Gasteiger charge is 2.62. The molecule has 6 rings (SSSR count). The van der Waals surface area contributed by atoms with Crippen LogP contribution in [0.15, 0.2) is 35.7 Å². The number of rotatable bonds is 7. The van der Waals surface area contributed by atoms with Crippen molar-refractivity contribution in [1.29, 1.82) is 0 Å². The maximum Gasteiger partial charge on any atom is 0.332 e. The van der Waals surface area contributed by atoms with Crippen LogP contribution in [-0.2, 0) is 19.1 Å². The number of allylic oxidation sites excluding steroid dienone is 1. The van der Waals surface area contributed by atoms with E-state index in [0.717, 1.165) is 52.2 Å². The highest BCUT2D eigenvalue weighted by atomic mass is 32.1. The lowest BCUT2D eigenvalue weighted by Crippen LogP contribution is -2.50. The smallest absolute Gasteiger partial charge is 0.332 e. The van der Waals surface area contributed by atoms with Crippen molar-refractivity contribution in [2.75, 3.05) is 27.3 Å². The van der Waals surface area contributed by atoms with Gasteiger partial charge in [-0.15, -0.1) is 11.3 Å². The molecule has 5 atom stereocenters. The number of hydrogen-bond donors (Lipinski definition) is 1. The third kappa shape index (κ3) is 6.53. The summed E-state index contributed by atoms with van der Waals surface area (Å²) in [5.41, 5.74) is 2.23. The lowest BCUT2D eigenvalue weighted by Gasteiger charge is -2.26. The Kier molecular flexibility index (Phi) is 9.79. The number of nitrogens with one attached hydrogen (secondary N) is 1. The van der Waals surface area contributed by atoms with Gasteiger partial charge in [-0.3, -0.25) is 9.59 Å². The molecule has 10 nitrogen and oxygen atoms in total. The van der Waals surface area contributed by atoms with Gasteiger partial charge in [-0.1, -0.05) is 26.0 Å². The van der Waals surface area contributed by atoms with E-state index in [-0.39, 0.29) is 30.3 Å². The number of methoxy groups -OCH3 is 1. The quantitative estimate of drug-likeness (QED) is 0.232. The summed E-state index contributed by atoms with van der Waals surface area (Å²) in [5.74, 6) is -0.551. The second-order valence-electron chi connectivity index (χ2n) is 13.6. The fourth-order valence-corrected chi connectivity index (χ4v) is 8.03. The van der Waals surface area contributed by atoms with Crippen LogP contribution in [0.1, 0.15) is 76.5 Å². The summed E-state index contributed by atoms with van der Waals surface area (Å²) in [5, 5.41) is 6.73. The lowest BCUT2D eigenvalue weighted by atomic mass is 9.93. The van der Waals surface area contributed by atoms with Gasteiger partial charge in [0.25, 0.3) is 0 Å². The molecule has 0 radical (unpaired) electrons. The van der Waals surface area contributed by atoms with Gasteiger partial charge < -0.3 is 24.4 Å². The van der Waals surface area contributed by atoms with E-state index in [2.05, 4.69) is 30.6 Å². The molecule has 0 unspecified atom stereocenters. The van der Waals surface area contributed by atoms with Crippen molar-refractivity contribution in [3.05, 3.63) is 47.0 Å². The minimum absolute atomic E-state index is 0.0729. The summed E-state index contributed by atoms with van der Waals surface area (Å²) in [4.78, 5) is 52.8. The fraction of sp³-hybridized carbons (Fsp3) is 0.541. The molecule has 3 aliphatic rings. The van der Waals surface area contributed by atoms with Crippen molar-refractivity contribution in [3.8, 4) is 22.2 Å². The van der Waals surface area contributed by atoms with Gasteiger partial charge >= 0.3 is 5.97 Å². The summed E-state index contributed by atoms with van der Waals surface area (Å²) in [6, 6.07) is 5.76. The number of ether oxygens (including phenoxy) is 3.